The van der Waals surface area contributed by atoms with E-state index >= 15 is 0 Å². The fourth-order valence-electron chi connectivity index (χ4n) is 1.97. The summed E-state index contributed by atoms with van der Waals surface area (Å²) >= 11 is 0. The lowest BCUT2D eigenvalue weighted by Crippen LogP contribution is -2.30. The van der Waals surface area contributed by atoms with Crippen LogP contribution >= 0.6 is 0 Å². The molecular formula is C14H22N4O. The van der Waals surface area contributed by atoms with E-state index in [4.69, 9.17) is 0 Å². The van der Waals surface area contributed by atoms with Crippen LogP contribution in [0.5, 0.6) is 0 Å². The molecule has 0 spiro atoms. The summed E-state index contributed by atoms with van der Waals surface area (Å²) in [5.41, 5.74) is 1.17. The lowest BCUT2D eigenvalue weighted by atomic mass is 10.2. The number of anilines is 1. The minimum absolute atomic E-state index is 0.0273. The highest BCUT2D eigenvalue weighted by atomic mass is 16.2. The lowest BCUT2D eigenvalue weighted by Gasteiger charge is -2.18. The Morgan fingerprint density at radius 3 is 2.74 bits per heavy atom. The normalized spacial score (nSPS) is 14.6. The van der Waals surface area contributed by atoms with E-state index in [2.05, 4.69) is 15.3 Å². The summed E-state index contributed by atoms with van der Waals surface area (Å²) < 4.78 is 0. The Kier molecular flexibility index (Phi) is 4.02. The van der Waals surface area contributed by atoms with Crippen molar-refractivity contribution < 1.29 is 4.79 Å². The van der Waals surface area contributed by atoms with Crippen LogP contribution < -0.4 is 5.32 Å². The highest BCUT2D eigenvalue weighted by Crippen LogP contribution is 2.30. The van der Waals surface area contributed by atoms with Gasteiger partial charge in [0.2, 0.25) is 0 Å². The molecule has 0 saturated heterocycles. The first-order valence-corrected chi connectivity index (χ1v) is 6.83. The molecule has 1 saturated carbocycles. The van der Waals surface area contributed by atoms with Crippen LogP contribution in [0.2, 0.25) is 0 Å². The highest BCUT2D eigenvalue weighted by molar-refractivity contribution is 5.97. The Morgan fingerprint density at radius 2 is 2.21 bits per heavy atom. The maximum atomic E-state index is 12.5. The van der Waals surface area contributed by atoms with Gasteiger partial charge in [-0.05, 0) is 18.8 Å². The molecule has 0 aromatic carbocycles. The predicted octanol–water partition coefficient (Wildman–Crippen LogP) is 2.12. The van der Waals surface area contributed by atoms with Gasteiger partial charge in [0.1, 0.15) is 5.82 Å². The molecule has 1 aromatic rings. The quantitative estimate of drug-likeness (QED) is 0.883. The number of carbonyl (C=O) groups excluding carboxylic acids is 1. The monoisotopic (exact) mass is 262 g/mol. The molecule has 0 bridgehead atoms. The Bertz CT molecular complexity index is 469. The zero-order valence-electron chi connectivity index (χ0n) is 12.1. The van der Waals surface area contributed by atoms with Crippen LogP contribution in [0, 0.1) is 5.92 Å². The summed E-state index contributed by atoms with van der Waals surface area (Å²) in [6, 6.07) is 0. The third kappa shape index (κ3) is 3.22. The van der Waals surface area contributed by atoms with Gasteiger partial charge in [0.25, 0.3) is 5.91 Å². The van der Waals surface area contributed by atoms with Crippen molar-refractivity contribution in [2.45, 2.75) is 32.6 Å². The first kappa shape index (κ1) is 13.8. The number of aromatic nitrogens is 2. The molecular weight excluding hydrogens is 240 g/mol. The van der Waals surface area contributed by atoms with Crippen molar-refractivity contribution in [3.8, 4) is 0 Å². The molecule has 1 aliphatic carbocycles. The maximum absolute atomic E-state index is 12.5. The molecule has 2 rings (SSSR count). The number of carbonyl (C=O) groups is 1. The second-order valence-electron chi connectivity index (χ2n) is 5.52. The molecule has 0 aliphatic heterocycles. The van der Waals surface area contributed by atoms with E-state index in [-0.39, 0.29) is 11.8 Å². The van der Waals surface area contributed by atoms with Gasteiger partial charge in [-0.15, -0.1) is 0 Å². The Hall–Kier alpha value is -1.65. The standard InChI is InChI=1S/C14H22N4O/c1-9(2)13-16-7-11(15-3)12(17-13)14(19)18(4)8-10-5-6-10/h7,9-10,15H,5-6,8H2,1-4H3. The van der Waals surface area contributed by atoms with Crippen molar-refractivity contribution >= 4 is 11.6 Å². The molecule has 1 N–H and O–H groups in total. The van der Waals surface area contributed by atoms with Crippen molar-refractivity contribution in [3.05, 3.63) is 17.7 Å². The molecule has 1 amide bonds. The second-order valence-corrected chi connectivity index (χ2v) is 5.52. The SMILES string of the molecule is CNc1cnc(C(C)C)nc1C(=O)N(C)CC1CC1. The van der Waals surface area contributed by atoms with Crippen LogP contribution in [-0.4, -0.2) is 41.4 Å². The van der Waals surface area contributed by atoms with Crippen molar-refractivity contribution in [1.29, 1.82) is 0 Å². The van der Waals surface area contributed by atoms with Gasteiger partial charge in [-0.1, -0.05) is 13.8 Å². The van der Waals surface area contributed by atoms with Crippen molar-refractivity contribution in [3.63, 3.8) is 0 Å². The molecule has 104 valence electrons. The van der Waals surface area contributed by atoms with E-state index in [9.17, 15) is 4.79 Å². The summed E-state index contributed by atoms with van der Waals surface area (Å²) in [5, 5.41) is 2.99. The minimum Gasteiger partial charge on any atom is -0.385 e. The molecule has 0 radical (unpaired) electrons. The Morgan fingerprint density at radius 1 is 1.53 bits per heavy atom. The van der Waals surface area contributed by atoms with E-state index in [1.807, 2.05) is 20.9 Å². The third-order valence-corrected chi connectivity index (χ3v) is 3.37. The average Bonchev–Trinajstić information content (AvgIpc) is 3.20. The van der Waals surface area contributed by atoms with Gasteiger partial charge >= 0.3 is 0 Å². The zero-order valence-corrected chi connectivity index (χ0v) is 12.1. The fraction of sp³-hybridized carbons (Fsp3) is 0.643. The Balaban J connectivity index is 2.24. The molecule has 19 heavy (non-hydrogen) atoms. The van der Waals surface area contributed by atoms with E-state index < -0.39 is 0 Å². The van der Waals surface area contributed by atoms with Gasteiger partial charge in [-0.3, -0.25) is 4.79 Å². The third-order valence-electron chi connectivity index (χ3n) is 3.37. The molecule has 5 heteroatoms. The second kappa shape index (κ2) is 5.55. The summed E-state index contributed by atoms with van der Waals surface area (Å²) in [7, 11) is 3.63. The van der Waals surface area contributed by atoms with Crippen LogP contribution in [-0.2, 0) is 0 Å². The Labute approximate surface area is 114 Å². The molecule has 5 nitrogen and oxygen atoms in total. The average molecular weight is 262 g/mol. The van der Waals surface area contributed by atoms with Crippen molar-refractivity contribution in [2.24, 2.45) is 5.92 Å². The topological polar surface area (TPSA) is 58.1 Å². The van der Waals surface area contributed by atoms with Gasteiger partial charge in [0.15, 0.2) is 5.69 Å². The fourth-order valence-corrected chi connectivity index (χ4v) is 1.97. The number of nitrogens with one attached hydrogen (secondary N) is 1. The van der Waals surface area contributed by atoms with Crippen LogP contribution in [0.3, 0.4) is 0 Å². The molecule has 0 atom stereocenters. The predicted molar refractivity (Wildman–Crippen MR) is 75.4 cm³/mol. The van der Waals surface area contributed by atoms with Crippen LogP contribution in [0.15, 0.2) is 6.20 Å². The van der Waals surface area contributed by atoms with Gasteiger partial charge in [0.05, 0.1) is 11.9 Å². The van der Waals surface area contributed by atoms with Gasteiger partial charge < -0.3 is 10.2 Å². The van der Waals surface area contributed by atoms with Crippen LogP contribution in [0.4, 0.5) is 5.69 Å². The lowest BCUT2D eigenvalue weighted by molar-refractivity contribution is 0.0783. The van der Waals surface area contributed by atoms with Gasteiger partial charge in [0, 0.05) is 26.6 Å². The summed E-state index contributed by atoms with van der Waals surface area (Å²) in [4.78, 5) is 22.9. The molecule has 1 aliphatic rings. The van der Waals surface area contributed by atoms with Crippen LogP contribution in [0.1, 0.15) is 48.9 Å². The van der Waals surface area contributed by atoms with Crippen molar-refractivity contribution in [1.82, 2.24) is 14.9 Å². The van der Waals surface area contributed by atoms with E-state index in [0.29, 0.717) is 23.1 Å². The zero-order chi connectivity index (χ0) is 14.0. The molecule has 1 fully saturated rings. The van der Waals surface area contributed by atoms with Gasteiger partial charge in [-0.2, -0.15) is 0 Å². The molecule has 0 unspecified atom stereocenters. The van der Waals surface area contributed by atoms with Gasteiger partial charge in [-0.25, -0.2) is 9.97 Å². The maximum Gasteiger partial charge on any atom is 0.274 e. The number of hydrogen-bond acceptors (Lipinski definition) is 4. The van der Waals surface area contributed by atoms with Crippen molar-refractivity contribution in [2.75, 3.05) is 26.0 Å². The number of nitrogens with zero attached hydrogens (tertiary/aromatic N) is 3. The van der Waals surface area contributed by atoms with E-state index in [1.165, 1.54) is 12.8 Å². The number of rotatable bonds is 5. The first-order valence-electron chi connectivity index (χ1n) is 6.83. The highest BCUT2D eigenvalue weighted by Gasteiger charge is 2.27. The summed E-state index contributed by atoms with van der Waals surface area (Å²) in [6.07, 6.45) is 4.16. The smallest absolute Gasteiger partial charge is 0.274 e. The van der Waals surface area contributed by atoms with E-state index in [1.54, 1.807) is 18.1 Å². The van der Waals surface area contributed by atoms with E-state index in [0.717, 1.165) is 6.54 Å². The molecule has 1 heterocycles. The summed E-state index contributed by atoms with van der Waals surface area (Å²) in [6.45, 7) is 4.87. The van der Waals surface area contributed by atoms with Crippen LogP contribution in [0.25, 0.3) is 0 Å². The molecule has 1 aromatic heterocycles. The summed E-state index contributed by atoms with van der Waals surface area (Å²) in [5.74, 6) is 1.58. The number of amides is 1. The largest absolute Gasteiger partial charge is 0.385 e. The minimum atomic E-state index is -0.0273. The first-order chi connectivity index (χ1) is 9.02. The number of hydrogen-bond donors (Lipinski definition) is 1.